The smallest absolute Gasteiger partial charge is 0.357 e. The standard InChI is InChI=1S/C9H7ClN2O2/c1-14-9(13)8-5-2-3-11-7(5)6(10)4-12-8/h2-4,11H,1H3. The molecule has 0 amide bonds. The topological polar surface area (TPSA) is 55.0 Å². The Labute approximate surface area is 84.9 Å². The van der Waals surface area contributed by atoms with Crippen molar-refractivity contribution in [3.05, 3.63) is 29.2 Å². The van der Waals surface area contributed by atoms with E-state index in [1.54, 1.807) is 12.3 Å². The van der Waals surface area contributed by atoms with Crippen molar-refractivity contribution >= 4 is 28.5 Å². The van der Waals surface area contributed by atoms with Crippen LogP contribution in [0.4, 0.5) is 0 Å². The molecule has 2 rings (SSSR count). The van der Waals surface area contributed by atoms with Gasteiger partial charge in [0.05, 0.1) is 17.6 Å². The molecule has 0 radical (unpaired) electrons. The van der Waals surface area contributed by atoms with Crippen LogP contribution in [0, 0.1) is 0 Å². The number of nitrogens with zero attached hydrogens (tertiary/aromatic N) is 1. The molecule has 1 N–H and O–H groups in total. The zero-order valence-corrected chi connectivity index (χ0v) is 8.13. The highest BCUT2D eigenvalue weighted by atomic mass is 35.5. The lowest BCUT2D eigenvalue weighted by atomic mass is 10.2. The summed E-state index contributed by atoms with van der Waals surface area (Å²) >= 11 is 5.87. The van der Waals surface area contributed by atoms with Gasteiger partial charge in [0.15, 0.2) is 5.69 Å². The second-order valence-electron chi connectivity index (χ2n) is 2.71. The largest absolute Gasteiger partial charge is 0.464 e. The number of hydrogen-bond acceptors (Lipinski definition) is 3. The van der Waals surface area contributed by atoms with Crippen molar-refractivity contribution < 1.29 is 9.53 Å². The monoisotopic (exact) mass is 210 g/mol. The number of aromatic amines is 1. The first-order chi connectivity index (χ1) is 6.74. The van der Waals surface area contributed by atoms with Gasteiger partial charge in [-0.05, 0) is 6.07 Å². The number of halogens is 1. The van der Waals surface area contributed by atoms with Crippen molar-refractivity contribution in [1.29, 1.82) is 0 Å². The number of aromatic nitrogens is 2. The molecule has 0 saturated carbocycles. The minimum Gasteiger partial charge on any atom is -0.464 e. The van der Waals surface area contributed by atoms with Crippen LogP contribution >= 0.6 is 11.6 Å². The van der Waals surface area contributed by atoms with E-state index in [-0.39, 0.29) is 5.69 Å². The van der Waals surface area contributed by atoms with Crippen LogP contribution in [0.2, 0.25) is 5.02 Å². The molecule has 0 saturated heterocycles. The van der Waals surface area contributed by atoms with Gasteiger partial charge in [0, 0.05) is 17.8 Å². The van der Waals surface area contributed by atoms with Crippen molar-refractivity contribution in [2.24, 2.45) is 0 Å². The Balaban J connectivity index is 2.72. The first-order valence-electron chi connectivity index (χ1n) is 3.94. The first kappa shape index (κ1) is 9.02. The zero-order valence-electron chi connectivity index (χ0n) is 7.37. The van der Waals surface area contributed by atoms with Crippen molar-refractivity contribution in [2.45, 2.75) is 0 Å². The molecule has 4 nitrogen and oxygen atoms in total. The fourth-order valence-corrected chi connectivity index (χ4v) is 1.48. The Morgan fingerprint density at radius 3 is 3.14 bits per heavy atom. The molecule has 2 aromatic heterocycles. The zero-order chi connectivity index (χ0) is 10.1. The Morgan fingerprint density at radius 1 is 1.64 bits per heavy atom. The lowest BCUT2D eigenvalue weighted by Gasteiger charge is -2.00. The second-order valence-corrected chi connectivity index (χ2v) is 3.12. The van der Waals surface area contributed by atoms with E-state index >= 15 is 0 Å². The van der Waals surface area contributed by atoms with E-state index in [4.69, 9.17) is 11.6 Å². The third-order valence-electron chi connectivity index (χ3n) is 1.93. The number of nitrogens with one attached hydrogen (secondary N) is 1. The van der Waals surface area contributed by atoms with E-state index in [0.29, 0.717) is 15.9 Å². The molecule has 0 atom stereocenters. The second kappa shape index (κ2) is 3.31. The van der Waals surface area contributed by atoms with Crippen molar-refractivity contribution in [3.63, 3.8) is 0 Å². The normalized spacial score (nSPS) is 10.4. The lowest BCUT2D eigenvalue weighted by molar-refractivity contribution is 0.0596. The molecule has 0 aliphatic rings. The van der Waals surface area contributed by atoms with Crippen LogP contribution in [-0.4, -0.2) is 23.0 Å². The third-order valence-corrected chi connectivity index (χ3v) is 2.21. The molecule has 0 aliphatic carbocycles. The minimum absolute atomic E-state index is 0.271. The van der Waals surface area contributed by atoms with Crippen LogP contribution in [0.15, 0.2) is 18.5 Å². The summed E-state index contributed by atoms with van der Waals surface area (Å²) in [4.78, 5) is 18.1. The predicted octanol–water partition coefficient (Wildman–Crippen LogP) is 2.00. The Kier molecular flexibility index (Phi) is 2.13. The van der Waals surface area contributed by atoms with Gasteiger partial charge in [-0.15, -0.1) is 0 Å². The van der Waals surface area contributed by atoms with Crippen molar-refractivity contribution in [3.8, 4) is 0 Å². The van der Waals surface area contributed by atoms with E-state index in [2.05, 4.69) is 14.7 Å². The van der Waals surface area contributed by atoms with Gasteiger partial charge < -0.3 is 9.72 Å². The maximum absolute atomic E-state index is 11.3. The Bertz CT molecular complexity index is 493. The van der Waals surface area contributed by atoms with E-state index in [0.717, 1.165) is 0 Å². The summed E-state index contributed by atoms with van der Waals surface area (Å²) < 4.78 is 4.60. The van der Waals surface area contributed by atoms with Crippen LogP contribution in [0.1, 0.15) is 10.5 Å². The maximum atomic E-state index is 11.3. The maximum Gasteiger partial charge on any atom is 0.357 e. The first-order valence-corrected chi connectivity index (χ1v) is 4.31. The summed E-state index contributed by atoms with van der Waals surface area (Å²) in [6.07, 6.45) is 3.12. The average molecular weight is 211 g/mol. The van der Waals surface area contributed by atoms with Crippen molar-refractivity contribution in [2.75, 3.05) is 7.11 Å². The average Bonchev–Trinajstić information content (AvgIpc) is 2.67. The van der Waals surface area contributed by atoms with Gasteiger partial charge in [0.1, 0.15) is 0 Å². The number of pyridine rings is 1. The fraction of sp³-hybridized carbons (Fsp3) is 0.111. The number of carbonyl (C=O) groups is 1. The summed E-state index contributed by atoms with van der Waals surface area (Å²) in [5, 5.41) is 1.15. The fourth-order valence-electron chi connectivity index (χ4n) is 1.28. The van der Waals surface area contributed by atoms with Gasteiger partial charge in [-0.3, -0.25) is 0 Å². The van der Waals surface area contributed by atoms with E-state index in [1.807, 2.05) is 0 Å². The molecule has 0 unspecified atom stereocenters. The molecule has 0 aromatic carbocycles. The van der Waals surface area contributed by atoms with E-state index in [9.17, 15) is 4.79 Å². The predicted molar refractivity (Wildman–Crippen MR) is 52.4 cm³/mol. The molecule has 0 spiro atoms. The summed E-state index contributed by atoms with van der Waals surface area (Å²) in [6, 6.07) is 1.74. The highest BCUT2D eigenvalue weighted by Crippen LogP contribution is 2.23. The molecular formula is C9H7ClN2O2. The molecular weight excluding hydrogens is 204 g/mol. The van der Waals surface area contributed by atoms with Crippen LogP contribution in [0.5, 0.6) is 0 Å². The number of carbonyl (C=O) groups excluding carboxylic acids is 1. The van der Waals surface area contributed by atoms with Crippen LogP contribution in [0.3, 0.4) is 0 Å². The highest BCUT2D eigenvalue weighted by molar-refractivity contribution is 6.35. The quantitative estimate of drug-likeness (QED) is 0.733. The van der Waals surface area contributed by atoms with Gasteiger partial charge in [-0.2, -0.15) is 0 Å². The Morgan fingerprint density at radius 2 is 2.43 bits per heavy atom. The van der Waals surface area contributed by atoms with Crippen LogP contribution in [0.25, 0.3) is 10.9 Å². The molecule has 72 valence electrons. The van der Waals surface area contributed by atoms with Crippen LogP contribution < -0.4 is 0 Å². The Hall–Kier alpha value is -1.55. The third kappa shape index (κ3) is 1.24. The minimum atomic E-state index is -0.466. The molecule has 5 heteroatoms. The summed E-state index contributed by atoms with van der Waals surface area (Å²) in [6.45, 7) is 0. The molecule has 0 aliphatic heterocycles. The van der Waals surface area contributed by atoms with Gasteiger partial charge in [-0.1, -0.05) is 11.6 Å². The number of hydrogen-bond donors (Lipinski definition) is 1. The molecule has 2 heterocycles. The number of rotatable bonds is 1. The van der Waals surface area contributed by atoms with Gasteiger partial charge in [0.25, 0.3) is 0 Å². The number of ether oxygens (including phenoxy) is 1. The summed E-state index contributed by atoms with van der Waals surface area (Å²) in [7, 11) is 1.32. The summed E-state index contributed by atoms with van der Waals surface area (Å²) in [5.41, 5.74) is 0.968. The van der Waals surface area contributed by atoms with Crippen LogP contribution in [-0.2, 0) is 4.74 Å². The van der Waals surface area contributed by atoms with E-state index < -0.39 is 5.97 Å². The van der Waals surface area contributed by atoms with Gasteiger partial charge in [0.2, 0.25) is 0 Å². The number of fused-ring (bicyclic) bond motifs is 1. The molecule has 0 fully saturated rings. The molecule has 14 heavy (non-hydrogen) atoms. The summed E-state index contributed by atoms with van der Waals surface area (Å²) in [5.74, 6) is -0.466. The SMILES string of the molecule is COC(=O)c1ncc(Cl)c2[nH]ccc12. The lowest BCUT2D eigenvalue weighted by Crippen LogP contribution is -2.04. The van der Waals surface area contributed by atoms with E-state index in [1.165, 1.54) is 13.3 Å². The molecule has 0 bridgehead atoms. The number of methoxy groups -OCH3 is 1. The highest BCUT2D eigenvalue weighted by Gasteiger charge is 2.14. The number of H-pyrrole nitrogens is 1. The van der Waals surface area contributed by atoms with Gasteiger partial charge >= 0.3 is 5.97 Å². The number of esters is 1. The van der Waals surface area contributed by atoms with Gasteiger partial charge in [-0.25, -0.2) is 9.78 Å². The van der Waals surface area contributed by atoms with Crippen molar-refractivity contribution in [1.82, 2.24) is 9.97 Å². The molecule has 2 aromatic rings.